The van der Waals surface area contributed by atoms with Crippen LogP contribution in [0.1, 0.15) is 22.3 Å². The maximum absolute atomic E-state index is 12.4. The van der Waals surface area contributed by atoms with E-state index in [-0.39, 0.29) is 11.5 Å². The second-order valence-corrected chi connectivity index (χ2v) is 6.15. The number of nitrogens with one attached hydrogen (secondary N) is 1. The van der Waals surface area contributed by atoms with E-state index in [2.05, 4.69) is 22.0 Å². The molecule has 0 unspecified atom stereocenters. The number of para-hydroxylation sites is 1. The van der Waals surface area contributed by atoms with Gasteiger partial charge in [-0.25, -0.2) is 4.79 Å². The number of H-pyrrole nitrogens is 1. The topological polar surface area (TPSA) is 62.4 Å². The molecule has 0 fully saturated rings. The fraction of sp³-hybridized carbons (Fsp3) is 0.200. The SMILES string of the molecule is COC(=O)c1cc2ccc(=O)[nH]c2cc1N1CCCc2ccccc21. The van der Waals surface area contributed by atoms with Crippen LogP contribution in [0.2, 0.25) is 0 Å². The Hall–Kier alpha value is -3.08. The molecule has 0 aliphatic carbocycles. The predicted octanol–water partition coefficient (Wildman–Crippen LogP) is 3.40. The minimum Gasteiger partial charge on any atom is -0.465 e. The number of anilines is 2. The number of hydrogen-bond donors (Lipinski definition) is 1. The van der Waals surface area contributed by atoms with Crippen molar-refractivity contribution < 1.29 is 9.53 Å². The molecular weight excluding hydrogens is 316 g/mol. The zero-order chi connectivity index (χ0) is 17.4. The lowest BCUT2D eigenvalue weighted by Crippen LogP contribution is -2.26. The average Bonchev–Trinajstić information content (AvgIpc) is 2.66. The molecule has 126 valence electrons. The van der Waals surface area contributed by atoms with Gasteiger partial charge in [-0.05, 0) is 48.1 Å². The third-order valence-corrected chi connectivity index (χ3v) is 4.65. The highest BCUT2D eigenvalue weighted by Crippen LogP contribution is 2.36. The summed E-state index contributed by atoms with van der Waals surface area (Å²) in [4.78, 5) is 29.0. The number of pyridine rings is 1. The molecule has 1 aliphatic rings. The summed E-state index contributed by atoms with van der Waals surface area (Å²) in [5, 5.41) is 0.800. The van der Waals surface area contributed by atoms with E-state index in [1.807, 2.05) is 18.2 Å². The molecule has 5 heteroatoms. The Morgan fingerprint density at radius 2 is 1.96 bits per heavy atom. The van der Waals surface area contributed by atoms with Gasteiger partial charge in [0.2, 0.25) is 5.56 Å². The van der Waals surface area contributed by atoms with E-state index in [4.69, 9.17) is 4.74 Å². The summed E-state index contributed by atoms with van der Waals surface area (Å²) in [5.41, 5.74) is 4.15. The molecule has 1 aliphatic heterocycles. The van der Waals surface area contributed by atoms with E-state index >= 15 is 0 Å². The minimum absolute atomic E-state index is 0.164. The van der Waals surface area contributed by atoms with Crippen LogP contribution < -0.4 is 10.5 Å². The Labute approximate surface area is 144 Å². The Morgan fingerprint density at radius 1 is 1.12 bits per heavy atom. The van der Waals surface area contributed by atoms with Gasteiger partial charge in [-0.15, -0.1) is 0 Å². The Bertz CT molecular complexity index is 1020. The van der Waals surface area contributed by atoms with Crippen molar-refractivity contribution in [2.24, 2.45) is 0 Å². The maximum atomic E-state index is 12.4. The fourth-order valence-corrected chi connectivity index (χ4v) is 3.47. The van der Waals surface area contributed by atoms with E-state index in [1.54, 1.807) is 12.1 Å². The summed E-state index contributed by atoms with van der Waals surface area (Å²) in [6.07, 6.45) is 2.02. The smallest absolute Gasteiger partial charge is 0.340 e. The normalized spacial score (nSPS) is 13.6. The van der Waals surface area contributed by atoms with Gasteiger partial charge >= 0.3 is 5.97 Å². The summed E-state index contributed by atoms with van der Waals surface area (Å²) < 4.78 is 4.99. The molecule has 2 heterocycles. The molecule has 0 spiro atoms. The number of aromatic nitrogens is 1. The minimum atomic E-state index is -0.383. The van der Waals surface area contributed by atoms with Crippen LogP contribution in [0.3, 0.4) is 0 Å². The first-order valence-electron chi connectivity index (χ1n) is 8.28. The van der Waals surface area contributed by atoms with Crippen LogP contribution in [0.5, 0.6) is 0 Å². The third kappa shape index (κ3) is 2.67. The third-order valence-electron chi connectivity index (χ3n) is 4.65. The zero-order valence-electron chi connectivity index (χ0n) is 13.9. The van der Waals surface area contributed by atoms with Crippen LogP contribution in [-0.2, 0) is 11.2 Å². The van der Waals surface area contributed by atoms with Crippen molar-refractivity contribution >= 4 is 28.2 Å². The largest absolute Gasteiger partial charge is 0.465 e. The molecule has 0 saturated heterocycles. The monoisotopic (exact) mass is 334 g/mol. The van der Waals surface area contributed by atoms with Crippen LogP contribution in [0, 0.1) is 0 Å². The highest BCUT2D eigenvalue weighted by atomic mass is 16.5. The van der Waals surface area contributed by atoms with Crippen molar-refractivity contribution in [2.75, 3.05) is 18.6 Å². The molecule has 0 atom stereocenters. The summed E-state index contributed by atoms with van der Waals surface area (Å²) in [5.74, 6) is -0.383. The van der Waals surface area contributed by atoms with Gasteiger partial charge in [-0.1, -0.05) is 18.2 Å². The Kier molecular flexibility index (Phi) is 3.76. The molecule has 2 aromatic carbocycles. The van der Waals surface area contributed by atoms with E-state index in [9.17, 15) is 9.59 Å². The lowest BCUT2D eigenvalue weighted by atomic mass is 9.99. The number of carbonyl (C=O) groups excluding carboxylic acids is 1. The van der Waals surface area contributed by atoms with E-state index in [0.717, 1.165) is 36.1 Å². The van der Waals surface area contributed by atoms with Crippen LogP contribution in [0.15, 0.2) is 53.3 Å². The number of fused-ring (bicyclic) bond motifs is 2. The van der Waals surface area contributed by atoms with Crippen molar-refractivity contribution in [1.29, 1.82) is 0 Å². The van der Waals surface area contributed by atoms with Crippen LogP contribution in [-0.4, -0.2) is 24.6 Å². The van der Waals surface area contributed by atoms with Gasteiger partial charge < -0.3 is 14.6 Å². The number of esters is 1. The summed E-state index contributed by atoms with van der Waals surface area (Å²) in [6, 6.07) is 15.0. The summed E-state index contributed by atoms with van der Waals surface area (Å²) >= 11 is 0. The molecular formula is C20H18N2O3. The maximum Gasteiger partial charge on any atom is 0.340 e. The van der Waals surface area contributed by atoms with Crippen LogP contribution in [0.25, 0.3) is 10.9 Å². The summed E-state index contributed by atoms with van der Waals surface area (Å²) in [6.45, 7) is 0.809. The molecule has 0 radical (unpaired) electrons. The fourth-order valence-electron chi connectivity index (χ4n) is 3.47. The molecule has 0 bridgehead atoms. The number of hydrogen-bond acceptors (Lipinski definition) is 4. The first-order chi connectivity index (χ1) is 12.2. The van der Waals surface area contributed by atoms with Gasteiger partial charge in [-0.3, -0.25) is 4.79 Å². The van der Waals surface area contributed by atoms with Gasteiger partial charge in [0.05, 0.1) is 23.9 Å². The van der Waals surface area contributed by atoms with Crippen molar-refractivity contribution in [3.8, 4) is 0 Å². The second-order valence-electron chi connectivity index (χ2n) is 6.15. The van der Waals surface area contributed by atoms with E-state index < -0.39 is 0 Å². The van der Waals surface area contributed by atoms with Crippen LogP contribution in [0.4, 0.5) is 11.4 Å². The summed E-state index contributed by atoms with van der Waals surface area (Å²) in [7, 11) is 1.38. The lowest BCUT2D eigenvalue weighted by molar-refractivity contribution is 0.0601. The molecule has 1 N–H and O–H groups in total. The van der Waals surface area contributed by atoms with Crippen molar-refractivity contribution in [3.63, 3.8) is 0 Å². The van der Waals surface area contributed by atoms with E-state index in [0.29, 0.717) is 11.1 Å². The number of benzene rings is 2. The molecule has 5 nitrogen and oxygen atoms in total. The molecule has 0 saturated carbocycles. The van der Waals surface area contributed by atoms with Gasteiger partial charge in [-0.2, -0.15) is 0 Å². The van der Waals surface area contributed by atoms with Gasteiger partial charge in [0, 0.05) is 18.3 Å². The van der Waals surface area contributed by atoms with Gasteiger partial charge in [0.1, 0.15) is 0 Å². The number of methoxy groups -OCH3 is 1. The van der Waals surface area contributed by atoms with Crippen molar-refractivity contribution in [1.82, 2.24) is 4.98 Å². The van der Waals surface area contributed by atoms with Crippen molar-refractivity contribution in [3.05, 3.63) is 70.0 Å². The van der Waals surface area contributed by atoms with E-state index in [1.165, 1.54) is 18.7 Å². The molecule has 4 rings (SSSR count). The standard InChI is InChI=1S/C20H18N2O3/c1-25-20(24)15-11-14-8-9-19(23)21-16(14)12-18(15)22-10-4-6-13-5-2-3-7-17(13)22/h2-3,5,7-9,11-12H,4,6,10H2,1H3,(H,21,23). The average molecular weight is 334 g/mol. The van der Waals surface area contributed by atoms with Gasteiger partial charge in [0.25, 0.3) is 0 Å². The highest BCUT2D eigenvalue weighted by Gasteiger charge is 2.23. The predicted molar refractivity (Wildman–Crippen MR) is 97.7 cm³/mol. The first-order valence-corrected chi connectivity index (χ1v) is 8.28. The number of carbonyl (C=O) groups is 1. The Balaban J connectivity index is 1.97. The molecule has 25 heavy (non-hydrogen) atoms. The second kappa shape index (κ2) is 6.09. The lowest BCUT2D eigenvalue weighted by Gasteiger charge is -2.32. The number of aromatic amines is 1. The number of nitrogens with zero attached hydrogens (tertiary/aromatic N) is 1. The molecule has 0 amide bonds. The zero-order valence-corrected chi connectivity index (χ0v) is 13.9. The Morgan fingerprint density at radius 3 is 2.80 bits per heavy atom. The number of ether oxygens (including phenoxy) is 1. The number of rotatable bonds is 2. The van der Waals surface area contributed by atoms with Crippen molar-refractivity contribution in [2.45, 2.75) is 12.8 Å². The molecule has 1 aromatic heterocycles. The molecule has 3 aromatic rings. The van der Waals surface area contributed by atoms with Gasteiger partial charge in [0.15, 0.2) is 0 Å². The quantitative estimate of drug-likeness (QED) is 0.730. The van der Waals surface area contributed by atoms with Crippen LogP contribution >= 0.6 is 0 Å². The first kappa shape index (κ1) is 15.4. The number of aryl methyl sites for hydroxylation is 1. The highest BCUT2D eigenvalue weighted by molar-refractivity contribution is 6.02.